The third-order valence-corrected chi connectivity index (χ3v) is 4.48. The molecule has 0 spiro atoms. The zero-order valence-corrected chi connectivity index (χ0v) is 15.1. The lowest BCUT2D eigenvalue weighted by Crippen LogP contribution is -2.41. The van der Waals surface area contributed by atoms with Gasteiger partial charge in [0.25, 0.3) is 5.91 Å². The molecule has 2 rings (SSSR count). The van der Waals surface area contributed by atoms with Crippen molar-refractivity contribution in [1.82, 2.24) is 5.32 Å². The molecule has 1 unspecified atom stereocenters. The Balaban J connectivity index is 2.05. The zero-order chi connectivity index (χ0) is 19.2. The van der Waals surface area contributed by atoms with Crippen LogP contribution in [0.15, 0.2) is 67.3 Å². The van der Waals surface area contributed by atoms with E-state index in [4.69, 9.17) is 0 Å². The first-order valence-corrected chi connectivity index (χ1v) is 8.36. The van der Waals surface area contributed by atoms with E-state index in [-0.39, 0.29) is 18.4 Å². The number of amides is 2. The Morgan fingerprint density at radius 3 is 2.31 bits per heavy atom. The highest BCUT2D eigenvalue weighted by Crippen LogP contribution is 2.22. The molecule has 0 fully saturated rings. The Morgan fingerprint density at radius 1 is 1.15 bits per heavy atom. The summed E-state index contributed by atoms with van der Waals surface area (Å²) in [6.07, 6.45) is 1.24. The second kappa shape index (κ2) is 8.45. The number of anilines is 1. The first-order valence-electron chi connectivity index (χ1n) is 8.36. The van der Waals surface area contributed by atoms with Gasteiger partial charge in [-0.2, -0.15) is 0 Å². The normalized spacial score (nSPS) is 12.7. The average Bonchev–Trinajstić information content (AvgIpc) is 2.71. The molecule has 5 heteroatoms. The largest absolute Gasteiger partial charge is 0.395 e. The molecular weight excluding hydrogens is 328 g/mol. The number of hydrogen-bond acceptors (Lipinski definition) is 3. The van der Waals surface area contributed by atoms with Crippen LogP contribution in [0.1, 0.15) is 22.8 Å². The molecule has 0 aliphatic rings. The van der Waals surface area contributed by atoms with Gasteiger partial charge >= 0.3 is 0 Å². The van der Waals surface area contributed by atoms with Crippen molar-refractivity contribution in [2.24, 2.45) is 0 Å². The molecule has 136 valence electrons. The van der Waals surface area contributed by atoms with Gasteiger partial charge in [-0.3, -0.25) is 9.59 Å². The highest BCUT2D eigenvalue weighted by molar-refractivity contribution is 6.01. The quantitative estimate of drug-likeness (QED) is 0.752. The van der Waals surface area contributed by atoms with Crippen molar-refractivity contribution in [3.63, 3.8) is 0 Å². The minimum absolute atomic E-state index is 0.0787. The highest BCUT2D eigenvalue weighted by atomic mass is 16.3. The number of rotatable bonds is 7. The average molecular weight is 352 g/mol. The lowest BCUT2D eigenvalue weighted by Gasteiger charge is -2.28. The van der Waals surface area contributed by atoms with Gasteiger partial charge in [0.05, 0.1) is 6.61 Å². The second-order valence-electron chi connectivity index (χ2n) is 6.42. The van der Waals surface area contributed by atoms with E-state index in [0.717, 1.165) is 5.56 Å². The van der Waals surface area contributed by atoms with Crippen molar-refractivity contribution in [3.8, 4) is 0 Å². The maximum absolute atomic E-state index is 12.4. The van der Waals surface area contributed by atoms with Crippen molar-refractivity contribution in [1.29, 1.82) is 0 Å². The maximum Gasteiger partial charge on any atom is 0.251 e. The van der Waals surface area contributed by atoms with Gasteiger partial charge < -0.3 is 15.3 Å². The number of aliphatic hydroxyl groups is 1. The molecule has 0 saturated heterocycles. The van der Waals surface area contributed by atoms with Gasteiger partial charge in [0.15, 0.2) is 0 Å². The number of carbonyl (C=O) groups is 2. The van der Waals surface area contributed by atoms with Gasteiger partial charge in [-0.05, 0) is 35.9 Å². The lowest BCUT2D eigenvalue weighted by molar-refractivity contribution is -0.113. The minimum atomic E-state index is -0.562. The Morgan fingerprint density at radius 2 is 1.77 bits per heavy atom. The van der Waals surface area contributed by atoms with E-state index in [1.807, 2.05) is 37.3 Å². The summed E-state index contributed by atoms with van der Waals surface area (Å²) in [6, 6.07) is 16.3. The SMILES string of the molecule is C=CC(=O)N(C)c1ccc(C(=O)NCC(C)(CO)c2ccccc2)cc1. The van der Waals surface area contributed by atoms with Crippen molar-refractivity contribution in [3.05, 3.63) is 78.4 Å². The predicted molar refractivity (Wildman–Crippen MR) is 103 cm³/mol. The molecule has 0 radical (unpaired) electrons. The molecule has 1 atom stereocenters. The summed E-state index contributed by atoms with van der Waals surface area (Å²) < 4.78 is 0. The summed E-state index contributed by atoms with van der Waals surface area (Å²) in [4.78, 5) is 25.5. The van der Waals surface area contributed by atoms with Gasteiger partial charge in [0, 0.05) is 30.3 Å². The fraction of sp³-hybridized carbons (Fsp3) is 0.238. The van der Waals surface area contributed by atoms with E-state index in [0.29, 0.717) is 17.8 Å². The smallest absolute Gasteiger partial charge is 0.251 e. The number of likely N-dealkylation sites (N-methyl/N-ethyl adjacent to an activating group) is 1. The summed E-state index contributed by atoms with van der Waals surface area (Å²) in [5.41, 5.74) is 1.56. The molecule has 2 aromatic carbocycles. The van der Waals surface area contributed by atoms with Crippen LogP contribution >= 0.6 is 0 Å². The molecule has 0 aliphatic heterocycles. The molecule has 0 bridgehead atoms. The molecule has 0 aromatic heterocycles. The molecule has 2 aromatic rings. The van der Waals surface area contributed by atoms with Gasteiger partial charge in [0.2, 0.25) is 5.91 Å². The van der Waals surface area contributed by atoms with Crippen LogP contribution in [-0.4, -0.2) is 37.1 Å². The Kier molecular flexibility index (Phi) is 6.31. The van der Waals surface area contributed by atoms with Crippen LogP contribution in [0, 0.1) is 0 Å². The molecule has 0 aliphatic carbocycles. The monoisotopic (exact) mass is 352 g/mol. The second-order valence-corrected chi connectivity index (χ2v) is 6.42. The Hall–Kier alpha value is -2.92. The number of nitrogens with one attached hydrogen (secondary N) is 1. The molecule has 5 nitrogen and oxygen atoms in total. The van der Waals surface area contributed by atoms with E-state index >= 15 is 0 Å². The van der Waals surface area contributed by atoms with Crippen molar-refractivity contribution < 1.29 is 14.7 Å². The minimum Gasteiger partial charge on any atom is -0.395 e. The van der Waals surface area contributed by atoms with E-state index < -0.39 is 5.41 Å². The lowest BCUT2D eigenvalue weighted by atomic mass is 9.83. The molecular formula is C21H24N2O3. The fourth-order valence-corrected chi connectivity index (χ4v) is 2.57. The summed E-state index contributed by atoms with van der Waals surface area (Å²) in [7, 11) is 1.64. The molecule has 0 heterocycles. The topological polar surface area (TPSA) is 69.6 Å². The third kappa shape index (κ3) is 4.37. The van der Waals surface area contributed by atoms with E-state index in [1.54, 1.807) is 31.3 Å². The van der Waals surface area contributed by atoms with E-state index in [9.17, 15) is 14.7 Å². The van der Waals surface area contributed by atoms with Crippen LogP contribution < -0.4 is 10.2 Å². The first kappa shape index (κ1) is 19.4. The van der Waals surface area contributed by atoms with Crippen LogP contribution in [0.3, 0.4) is 0 Å². The summed E-state index contributed by atoms with van der Waals surface area (Å²) in [5, 5.41) is 12.7. The number of carbonyl (C=O) groups excluding carboxylic acids is 2. The number of nitrogens with zero attached hydrogens (tertiary/aromatic N) is 1. The van der Waals surface area contributed by atoms with Crippen molar-refractivity contribution >= 4 is 17.5 Å². The van der Waals surface area contributed by atoms with Crippen LogP contribution in [0.25, 0.3) is 0 Å². The standard InChI is InChI=1S/C21H24N2O3/c1-4-19(25)23(3)18-12-10-16(11-13-18)20(26)22-14-21(2,15-24)17-8-6-5-7-9-17/h4-13,24H,1,14-15H2,2-3H3,(H,22,26). The van der Waals surface area contributed by atoms with Crippen molar-refractivity contribution in [2.75, 3.05) is 25.1 Å². The van der Waals surface area contributed by atoms with Gasteiger partial charge in [0.1, 0.15) is 0 Å². The van der Waals surface area contributed by atoms with Crippen LogP contribution in [-0.2, 0) is 10.2 Å². The van der Waals surface area contributed by atoms with E-state index in [2.05, 4.69) is 11.9 Å². The third-order valence-electron chi connectivity index (χ3n) is 4.48. The summed E-state index contributed by atoms with van der Waals surface area (Å²) >= 11 is 0. The zero-order valence-electron chi connectivity index (χ0n) is 15.1. The van der Waals surface area contributed by atoms with Crippen LogP contribution in [0.4, 0.5) is 5.69 Å². The molecule has 2 N–H and O–H groups in total. The number of benzene rings is 2. The molecule has 2 amide bonds. The number of hydrogen-bond donors (Lipinski definition) is 2. The van der Waals surface area contributed by atoms with Gasteiger partial charge in [-0.15, -0.1) is 0 Å². The van der Waals surface area contributed by atoms with Gasteiger partial charge in [-0.1, -0.05) is 43.8 Å². The maximum atomic E-state index is 12.4. The highest BCUT2D eigenvalue weighted by Gasteiger charge is 2.26. The van der Waals surface area contributed by atoms with Crippen LogP contribution in [0.2, 0.25) is 0 Å². The summed E-state index contributed by atoms with van der Waals surface area (Å²) in [6.45, 7) is 5.59. The number of aliphatic hydroxyl groups excluding tert-OH is 1. The van der Waals surface area contributed by atoms with Crippen LogP contribution in [0.5, 0.6) is 0 Å². The molecule has 0 saturated carbocycles. The molecule has 26 heavy (non-hydrogen) atoms. The van der Waals surface area contributed by atoms with Gasteiger partial charge in [-0.25, -0.2) is 0 Å². The van der Waals surface area contributed by atoms with Crippen molar-refractivity contribution in [2.45, 2.75) is 12.3 Å². The Bertz CT molecular complexity index is 772. The Labute approximate surface area is 154 Å². The summed E-state index contributed by atoms with van der Waals surface area (Å²) in [5.74, 6) is -0.450. The fourth-order valence-electron chi connectivity index (χ4n) is 2.57. The first-order chi connectivity index (χ1) is 12.4. The van der Waals surface area contributed by atoms with E-state index in [1.165, 1.54) is 11.0 Å². The predicted octanol–water partition coefficient (Wildman–Crippen LogP) is 2.52.